The Bertz CT molecular complexity index is 920. The van der Waals surface area contributed by atoms with Gasteiger partial charge in [0.15, 0.2) is 0 Å². The van der Waals surface area contributed by atoms with Gasteiger partial charge < -0.3 is 29.3 Å². The SMILES string of the molecule is CN(CC(=O)Nc1ccc(N2CCOCC2)cc1)C(=O)c1ccc(OCC2CCCO2)cc1. The van der Waals surface area contributed by atoms with Crippen molar-refractivity contribution < 1.29 is 23.8 Å². The Kier molecular flexibility index (Phi) is 7.80. The van der Waals surface area contributed by atoms with Crippen LogP contribution in [-0.4, -0.2) is 75.9 Å². The van der Waals surface area contributed by atoms with E-state index in [0.717, 1.165) is 51.4 Å². The summed E-state index contributed by atoms with van der Waals surface area (Å²) in [6.45, 7) is 4.44. The average Bonchev–Trinajstić information content (AvgIpc) is 3.37. The van der Waals surface area contributed by atoms with Crippen molar-refractivity contribution >= 4 is 23.2 Å². The molecular weight excluding hydrogens is 422 g/mol. The Balaban J connectivity index is 1.24. The van der Waals surface area contributed by atoms with Gasteiger partial charge in [0.1, 0.15) is 12.4 Å². The van der Waals surface area contributed by atoms with Crippen molar-refractivity contribution in [3.05, 3.63) is 54.1 Å². The van der Waals surface area contributed by atoms with Crippen molar-refractivity contribution in [3.63, 3.8) is 0 Å². The number of anilines is 2. The summed E-state index contributed by atoms with van der Waals surface area (Å²) in [4.78, 5) is 28.8. The molecule has 8 nitrogen and oxygen atoms in total. The molecule has 4 rings (SSSR count). The first-order chi connectivity index (χ1) is 16.1. The van der Waals surface area contributed by atoms with Crippen LogP contribution < -0.4 is 15.0 Å². The number of rotatable bonds is 8. The summed E-state index contributed by atoms with van der Waals surface area (Å²) in [6.07, 6.45) is 2.23. The van der Waals surface area contributed by atoms with Gasteiger partial charge in [-0.05, 0) is 61.4 Å². The third-order valence-corrected chi connectivity index (χ3v) is 5.82. The van der Waals surface area contributed by atoms with Crippen molar-refractivity contribution in [2.24, 2.45) is 0 Å². The molecule has 0 aromatic heterocycles. The quantitative estimate of drug-likeness (QED) is 0.662. The molecule has 2 saturated heterocycles. The van der Waals surface area contributed by atoms with Crippen LogP contribution in [0, 0.1) is 0 Å². The fraction of sp³-hybridized carbons (Fsp3) is 0.440. The minimum absolute atomic E-state index is 0.0404. The Morgan fingerprint density at radius 3 is 2.45 bits per heavy atom. The number of hydrogen-bond acceptors (Lipinski definition) is 6. The molecule has 2 heterocycles. The van der Waals surface area contributed by atoms with Gasteiger partial charge in [-0.3, -0.25) is 9.59 Å². The monoisotopic (exact) mass is 453 g/mol. The number of carbonyl (C=O) groups excluding carboxylic acids is 2. The first-order valence-electron chi connectivity index (χ1n) is 11.4. The van der Waals surface area contributed by atoms with Gasteiger partial charge in [-0.2, -0.15) is 0 Å². The van der Waals surface area contributed by atoms with Crippen LogP contribution in [-0.2, 0) is 14.3 Å². The molecule has 2 aliphatic heterocycles. The lowest BCUT2D eigenvalue weighted by Gasteiger charge is -2.28. The van der Waals surface area contributed by atoms with E-state index in [4.69, 9.17) is 14.2 Å². The Hall–Kier alpha value is -3.10. The number of amides is 2. The normalized spacial score (nSPS) is 18.1. The van der Waals surface area contributed by atoms with E-state index in [9.17, 15) is 9.59 Å². The lowest BCUT2D eigenvalue weighted by Crippen LogP contribution is -2.36. The zero-order chi connectivity index (χ0) is 23.0. The smallest absolute Gasteiger partial charge is 0.254 e. The zero-order valence-electron chi connectivity index (χ0n) is 19.0. The highest BCUT2D eigenvalue weighted by Gasteiger charge is 2.18. The predicted molar refractivity (Wildman–Crippen MR) is 126 cm³/mol. The Labute approximate surface area is 194 Å². The van der Waals surface area contributed by atoms with Gasteiger partial charge in [-0.15, -0.1) is 0 Å². The number of nitrogens with zero attached hydrogens (tertiary/aromatic N) is 2. The number of carbonyl (C=O) groups is 2. The average molecular weight is 454 g/mol. The third kappa shape index (κ3) is 6.46. The summed E-state index contributed by atoms with van der Waals surface area (Å²) in [5, 5.41) is 2.85. The lowest BCUT2D eigenvalue weighted by molar-refractivity contribution is -0.116. The molecule has 2 aliphatic rings. The minimum atomic E-state index is -0.249. The highest BCUT2D eigenvalue weighted by molar-refractivity contribution is 5.99. The van der Waals surface area contributed by atoms with E-state index in [1.807, 2.05) is 24.3 Å². The van der Waals surface area contributed by atoms with E-state index < -0.39 is 0 Å². The van der Waals surface area contributed by atoms with Crippen LogP contribution >= 0.6 is 0 Å². The van der Waals surface area contributed by atoms with Crippen LogP contribution in [0.15, 0.2) is 48.5 Å². The predicted octanol–water partition coefficient (Wildman–Crippen LogP) is 2.79. The standard InChI is InChI=1S/C25H31N3O5/c1-27(25(30)19-4-10-22(11-5-19)33-18-23-3-2-14-32-23)17-24(29)26-20-6-8-21(9-7-20)28-12-15-31-16-13-28/h4-11,23H,2-3,12-18H2,1H3,(H,26,29). The van der Waals surface area contributed by atoms with E-state index in [2.05, 4.69) is 10.2 Å². The first-order valence-corrected chi connectivity index (χ1v) is 11.4. The summed E-state index contributed by atoms with van der Waals surface area (Å²) in [5.74, 6) is 0.225. The maximum atomic E-state index is 12.7. The minimum Gasteiger partial charge on any atom is -0.491 e. The molecule has 2 aromatic carbocycles. The van der Waals surface area contributed by atoms with Crippen molar-refractivity contribution in [1.29, 1.82) is 0 Å². The molecule has 2 aromatic rings. The number of nitrogens with one attached hydrogen (secondary N) is 1. The van der Waals surface area contributed by atoms with Gasteiger partial charge in [-0.1, -0.05) is 0 Å². The second-order valence-corrected chi connectivity index (χ2v) is 8.33. The maximum absolute atomic E-state index is 12.7. The molecule has 1 atom stereocenters. The summed E-state index contributed by atoms with van der Waals surface area (Å²) >= 11 is 0. The Morgan fingerprint density at radius 1 is 1.06 bits per heavy atom. The molecule has 1 unspecified atom stereocenters. The molecular formula is C25H31N3O5. The lowest BCUT2D eigenvalue weighted by atomic mass is 10.2. The van der Waals surface area contributed by atoms with Crippen molar-refractivity contribution in [1.82, 2.24) is 4.90 Å². The topological polar surface area (TPSA) is 80.3 Å². The van der Waals surface area contributed by atoms with E-state index in [1.165, 1.54) is 4.90 Å². The van der Waals surface area contributed by atoms with E-state index >= 15 is 0 Å². The van der Waals surface area contributed by atoms with Crippen LogP contribution in [0.2, 0.25) is 0 Å². The molecule has 8 heteroatoms. The van der Waals surface area contributed by atoms with Crippen LogP contribution in [0.25, 0.3) is 0 Å². The van der Waals surface area contributed by atoms with Crippen molar-refractivity contribution in [2.45, 2.75) is 18.9 Å². The molecule has 0 saturated carbocycles. The second kappa shape index (κ2) is 11.2. The summed E-state index contributed by atoms with van der Waals surface area (Å²) in [6, 6.07) is 14.7. The number of benzene rings is 2. The maximum Gasteiger partial charge on any atom is 0.254 e. The molecule has 176 valence electrons. The summed E-state index contributed by atoms with van der Waals surface area (Å²) < 4.78 is 16.7. The van der Waals surface area contributed by atoms with Crippen molar-refractivity contribution in [2.75, 3.05) is 63.3 Å². The molecule has 0 spiro atoms. The van der Waals surface area contributed by atoms with Crippen molar-refractivity contribution in [3.8, 4) is 5.75 Å². The van der Waals surface area contributed by atoms with Crippen LogP contribution in [0.3, 0.4) is 0 Å². The summed E-state index contributed by atoms with van der Waals surface area (Å²) in [7, 11) is 1.62. The number of morpholine rings is 1. The molecule has 0 aliphatic carbocycles. The Morgan fingerprint density at radius 2 is 1.79 bits per heavy atom. The van der Waals surface area contributed by atoms with Crippen LogP contribution in [0.4, 0.5) is 11.4 Å². The van der Waals surface area contributed by atoms with Gasteiger partial charge in [-0.25, -0.2) is 0 Å². The fourth-order valence-electron chi connectivity index (χ4n) is 3.94. The molecule has 1 N–H and O–H groups in total. The second-order valence-electron chi connectivity index (χ2n) is 8.33. The van der Waals surface area contributed by atoms with Crippen LogP contribution in [0.1, 0.15) is 23.2 Å². The summed E-state index contributed by atoms with van der Waals surface area (Å²) in [5.41, 5.74) is 2.31. The van der Waals surface area contributed by atoms with Gasteiger partial charge >= 0.3 is 0 Å². The highest BCUT2D eigenvalue weighted by atomic mass is 16.5. The van der Waals surface area contributed by atoms with E-state index in [0.29, 0.717) is 23.6 Å². The number of likely N-dealkylation sites (N-methyl/N-ethyl adjacent to an activating group) is 1. The van der Waals surface area contributed by atoms with Gasteiger partial charge in [0, 0.05) is 43.7 Å². The molecule has 33 heavy (non-hydrogen) atoms. The fourth-order valence-corrected chi connectivity index (χ4v) is 3.94. The van der Waals surface area contributed by atoms with Gasteiger partial charge in [0.05, 0.1) is 25.9 Å². The molecule has 2 amide bonds. The number of hydrogen-bond donors (Lipinski definition) is 1. The molecule has 0 radical (unpaired) electrons. The van der Waals surface area contributed by atoms with E-state index in [1.54, 1.807) is 31.3 Å². The largest absolute Gasteiger partial charge is 0.491 e. The number of ether oxygens (including phenoxy) is 3. The zero-order valence-corrected chi connectivity index (χ0v) is 19.0. The van der Waals surface area contributed by atoms with Gasteiger partial charge in [0.25, 0.3) is 5.91 Å². The van der Waals surface area contributed by atoms with E-state index in [-0.39, 0.29) is 24.5 Å². The molecule has 0 bridgehead atoms. The van der Waals surface area contributed by atoms with Crippen LogP contribution in [0.5, 0.6) is 5.75 Å². The molecule has 2 fully saturated rings. The first kappa shape index (κ1) is 23.1. The third-order valence-electron chi connectivity index (χ3n) is 5.82. The highest BCUT2D eigenvalue weighted by Crippen LogP contribution is 2.20. The van der Waals surface area contributed by atoms with Gasteiger partial charge in [0.2, 0.25) is 5.91 Å².